The maximum absolute atomic E-state index is 11.8. The lowest BCUT2D eigenvalue weighted by molar-refractivity contribution is 0.0186. The zero-order valence-electron chi connectivity index (χ0n) is 18.6. The molecule has 1 unspecified atom stereocenters. The van der Waals surface area contributed by atoms with Crippen molar-refractivity contribution in [2.24, 2.45) is 0 Å². The van der Waals surface area contributed by atoms with Crippen LogP contribution in [0, 0.1) is 0 Å². The largest absolute Gasteiger partial charge is 0.490 e. The van der Waals surface area contributed by atoms with Crippen LogP contribution in [0.15, 0.2) is 73.1 Å². The number of fused-ring (bicyclic) bond motifs is 1. The number of rotatable bonds is 10. The molecule has 1 aromatic heterocycles. The lowest BCUT2D eigenvalue weighted by atomic mass is 10.0. The third kappa shape index (κ3) is 6.77. The van der Waals surface area contributed by atoms with E-state index in [1.54, 1.807) is 24.5 Å². The Balaban J connectivity index is 1.37. The minimum Gasteiger partial charge on any atom is -0.490 e. The molecular weight excluding hydrogens is 440 g/mol. The first-order chi connectivity index (χ1) is 16.0. The molecule has 0 amide bonds. The Hall–Kier alpha value is -2.94. The van der Waals surface area contributed by atoms with Crippen LogP contribution in [-0.4, -0.2) is 49.8 Å². The lowest BCUT2D eigenvalue weighted by Gasteiger charge is -2.27. The van der Waals surface area contributed by atoms with Crippen molar-refractivity contribution in [1.29, 1.82) is 0 Å². The van der Waals surface area contributed by atoms with Crippen LogP contribution in [0.1, 0.15) is 16.7 Å². The van der Waals surface area contributed by atoms with Gasteiger partial charge in [0.2, 0.25) is 10.0 Å². The smallest absolute Gasteiger partial charge is 0.211 e. The van der Waals surface area contributed by atoms with Crippen molar-refractivity contribution in [2.45, 2.75) is 25.7 Å². The summed E-state index contributed by atoms with van der Waals surface area (Å²) >= 11 is 0. The molecule has 0 N–H and O–H groups in total. The molecule has 8 heteroatoms. The van der Waals surface area contributed by atoms with Crippen molar-refractivity contribution >= 4 is 10.0 Å². The summed E-state index contributed by atoms with van der Waals surface area (Å²) < 4.78 is 43.2. The topological polar surface area (TPSA) is 78.0 Å². The fourth-order valence-corrected chi connectivity index (χ4v) is 4.47. The highest BCUT2D eigenvalue weighted by Crippen LogP contribution is 2.25. The molecule has 174 valence electrons. The maximum Gasteiger partial charge on any atom is 0.211 e. The zero-order valence-corrected chi connectivity index (χ0v) is 19.4. The lowest BCUT2D eigenvalue weighted by Crippen LogP contribution is -2.35. The zero-order chi connectivity index (χ0) is 23.1. The average molecular weight is 469 g/mol. The summed E-state index contributed by atoms with van der Waals surface area (Å²) in [6, 6.07) is 19.4. The standard InChI is InChI=1S/C25H28N2O5S/c1-33(28,29)27-14-11-21-15-24(8-7-22(21)16-27)31-19-25(32-23-9-12-26-13-10-23)18-30-17-20-5-3-2-4-6-20/h2-10,12-13,15,25H,11,14,16-19H2,1H3. The molecule has 7 nitrogen and oxygen atoms in total. The number of aromatic nitrogens is 1. The molecule has 4 rings (SSSR count). The quantitative estimate of drug-likeness (QED) is 0.454. The van der Waals surface area contributed by atoms with Gasteiger partial charge in [-0.15, -0.1) is 0 Å². The Morgan fingerprint density at radius 2 is 1.76 bits per heavy atom. The molecular formula is C25H28N2O5S. The molecule has 0 fully saturated rings. The first kappa shape index (κ1) is 23.2. The van der Waals surface area contributed by atoms with Gasteiger partial charge in [-0.05, 0) is 47.4 Å². The van der Waals surface area contributed by atoms with Crippen molar-refractivity contribution in [2.75, 3.05) is 26.0 Å². The minimum atomic E-state index is -3.19. The average Bonchev–Trinajstić information content (AvgIpc) is 2.82. The molecule has 3 aromatic rings. The molecule has 0 bridgehead atoms. The van der Waals surface area contributed by atoms with E-state index in [-0.39, 0.29) is 6.10 Å². The Morgan fingerprint density at radius 1 is 0.970 bits per heavy atom. The van der Waals surface area contributed by atoms with E-state index in [9.17, 15) is 8.42 Å². The van der Waals surface area contributed by atoms with Crippen LogP contribution < -0.4 is 9.47 Å². The van der Waals surface area contributed by atoms with Gasteiger partial charge in [-0.1, -0.05) is 36.4 Å². The van der Waals surface area contributed by atoms with Gasteiger partial charge in [0.25, 0.3) is 0 Å². The summed E-state index contributed by atoms with van der Waals surface area (Å²) in [6.07, 6.45) is 4.96. The van der Waals surface area contributed by atoms with E-state index >= 15 is 0 Å². The van der Waals surface area contributed by atoms with E-state index in [4.69, 9.17) is 14.2 Å². The second-order valence-corrected chi connectivity index (χ2v) is 9.99. The van der Waals surface area contributed by atoms with E-state index in [0.29, 0.717) is 45.1 Å². The molecule has 2 aromatic carbocycles. The van der Waals surface area contributed by atoms with Crippen molar-refractivity contribution in [1.82, 2.24) is 9.29 Å². The highest BCUT2D eigenvalue weighted by molar-refractivity contribution is 7.88. The van der Waals surface area contributed by atoms with Crippen molar-refractivity contribution < 1.29 is 22.6 Å². The molecule has 1 aliphatic rings. The molecule has 33 heavy (non-hydrogen) atoms. The van der Waals surface area contributed by atoms with Gasteiger partial charge in [-0.25, -0.2) is 8.42 Å². The summed E-state index contributed by atoms with van der Waals surface area (Å²) in [5.74, 6) is 1.43. The van der Waals surface area contributed by atoms with E-state index in [1.165, 1.54) is 10.6 Å². The van der Waals surface area contributed by atoms with E-state index in [1.807, 2.05) is 48.5 Å². The van der Waals surface area contributed by atoms with Gasteiger partial charge in [0, 0.05) is 25.5 Å². The third-order valence-corrected chi connectivity index (χ3v) is 6.68. The Kier molecular flexibility index (Phi) is 7.59. The van der Waals surface area contributed by atoms with Crippen molar-refractivity contribution in [3.05, 3.63) is 89.7 Å². The first-order valence-corrected chi connectivity index (χ1v) is 12.7. The van der Waals surface area contributed by atoms with Crippen LogP contribution in [-0.2, 0) is 34.3 Å². The summed E-state index contributed by atoms with van der Waals surface area (Å²) in [7, 11) is -3.19. The number of benzene rings is 2. The fraction of sp³-hybridized carbons (Fsp3) is 0.320. The van der Waals surface area contributed by atoms with Gasteiger partial charge in [-0.3, -0.25) is 4.98 Å². The number of sulfonamides is 1. The van der Waals surface area contributed by atoms with Gasteiger partial charge in [-0.2, -0.15) is 4.31 Å². The predicted molar refractivity (Wildman–Crippen MR) is 126 cm³/mol. The fourth-order valence-electron chi connectivity index (χ4n) is 3.67. The van der Waals surface area contributed by atoms with Gasteiger partial charge < -0.3 is 14.2 Å². The summed E-state index contributed by atoms with van der Waals surface area (Å²) in [6.45, 7) is 2.05. The van der Waals surface area contributed by atoms with Crippen LogP contribution in [0.4, 0.5) is 0 Å². The Morgan fingerprint density at radius 3 is 2.52 bits per heavy atom. The molecule has 0 radical (unpaired) electrons. The monoisotopic (exact) mass is 468 g/mol. The van der Waals surface area contributed by atoms with Crippen molar-refractivity contribution in [3.8, 4) is 11.5 Å². The maximum atomic E-state index is 11.8. The molecule has 2 heterocycles. The minimum absolute atomic E-state index is 0.311. The van der Waals surface area contributed by atoms with Crippen LogP contribution >= 0.6 is 0 Å². The van der Waals surface area contributed by atoms with E-state index in [2.05, 4.69) is 4.98 Å². The van der Waals surface area contributed by atoms with Crippen LogP contribution in [0.5, 0.6) is 11.5 Å². The number of hydrogen-bond acceptors (Lipinski definition) is 6. The Bertz CT molecular complexity index is 1140. The van der Waals surface area contributed by atoms with Gasteiger partial charge in [0.05, 0.1) is 19.5 Å². The SMILES string of the molecule is CS(=O)(=O)N1CCc2cc(OCC(COCc3ccccc3)Oc3ccncc3)ccc2C1. The number of nitrogens with zero attached hydrogens (tertiary/aromatic N) is 2. The van der Waals surface area contributed by atoms with Gasteiger partial charge >= 0.3 is 0 Å². The summed E-state index contributed by atoms with van der Waals surface area (Å²) in [5.41, 5.74) is 3.22. The predicted octanol–water partition coefficient (Wildman–Crippen LogP) is 3.44. The summed E-state index contributed by atoms with van der Waals surface area (Å²) in [4.78, 5) is 4.03. The second-order valence-electron chi connectivity index (χ2n) is 8.01. The molecule has 1 aliphatic heterocycles. The third-order valence-electron chi connectivity index (χ3n) is 5.43. The highest BCUT2D eigenvalue weighted by atomic mass is 32.2. The molecule has 0 saturated carbocycles. The molecule has 0 saturated heterocycles. The van der Waals surface area contributed by atoms with E-state index < -0.39 is 10.0 Å². The number of ether oxygens (including phenoxy) is 3. The van der Waals surface area contributed by atoms with Gasteiger partial charge in [0.1, 0.15) is 18.1 Å². The summed E-state index contributed by atoms with van der Waals surface area (Å²) in [5, 5.41) is 0. The van der Waals surface area contributed by atoms with Crippen LogP contribution in [0.2, 0.25) is 0 Å². The second kappa shape index (κ2) is 10.8. The molecule has 0 spiro atoms. The van der Waals surface area contributed by atoms with Crippen molar-refractivity contribution in [3.63, 3.8) is 0 Å². The van der Waals surface area contributed by atoms with Gasteiger partial charge in [0.15, 0.2) is 6.10 Å². The van der Waals surface area contributed by atoms with E-state index in [0.717, 1.165) is 22.4 Å². The molecule has 0 aliphatic carbocycles. The van der Waals surface area contributed by atoms with Crippen LogP contribution in [0.25, 0.3) is 0 Å². The normalized spacial score (nSPS) is 14.9. The highest BCUT2D eigenvalue weighted by Gasteiger charge is 2.23. The van der Waals surface area contributed by atoms with Crippen LogP contribution in [0.3, 0.4) is 0 Å². The first-order valence-electron chi connectivity index (χ1n) is 10.9. The molecule has 1 atom stereocenters. The Labute approximate surface area is 195 Å². The number of hydrogen-bond donors (Lipinski definition) is 0. The number of pyridine rings is 1.